The molecule has 0 aliphatic heterocycles. The fraction of sp³-hybridized carbons (Fsp3) is 0.0588. The summed E-state index contributed by atoms with van der Waals surface area (Å²) >= 11 is 0. The van der Waals surface area contributed by atoms with Gasteiger partial charge in [-0.15, -0.1) is 0 Å². The molecule has 2 aromatic carbocycles. The quantitative estimate of drug-likeness (QED) is 0.450. The number of nitro groups is 1. The molecular formula is C17H14N4O2. The van der Waals surface area contributed by atoms with Crippen LogP contribution >= 0.6 is 0 Å². The Morgan fingerprint density at radius 3 is 2.70 bits per heavy atom. The minimum absolute atomic E-state index is 0.0356. The highest BCUT2D eigenvalue weighted by molar-refractivity contribution is 5.96. The molecule has 0 bridgehead atoms. The van der Waals surface area contributed by atoms with Crippen LogP contribution in [0.15, 0.2) is 59.8 Å². The molecule has 6 nitrogen and oxygen atoms in total. The number of nitrogens with zero attached hydrogens (tertiary/aromatic N) is 3. The van der Waals surface area contributed by atoms with E-state index in [9.17, 15) is 10.1 Å². The number of benzene rings is 2. The number of hydrazone groups is 1. The summed E-state index contributed by atoms with van der Waals surface area (Å²) in [6.07, 6.45) is 3.27. The van der Waals surface area contributed by atoms with Crippen LogP contribution in [0, 0.1) is 17.0 Å². The van der Waals surface area contributed by atoms with Crippen molar-refractivity contribution >= 4 is 28.5 Å². The Morgan fingerprint density at radius 1 is 1.17 bits per heavy atom. The highest BCUT2D eigenvalue weighted by Crippen LogP contribution is 2.31. The van der Waals surface area contributed by atoms with Crippen molar-refractivity contribution in [1.82, 2.24) is 4.98 Å². The van der Waals surface area contributed by atoms with Gasteiger partial charge in [-0.3, -0.25) is 20.5 Å². The first-order valence-corrected chi connectivity index (χ1v) is 7.03. The van der Waals surface area contributed by atoms with Crippen LogP contribution in [0.4, 0.5) is 11.4 Å². The van der Waals surface area contributed by atoms with Crippen LogP contribution in [0.5, 0.6) is 0 Å². The number of aryl methyl sites for hydroxylation is 1. The lowest BCUT2D eigenvalue weighted by Crippen LogP contribution is -1.98. The molecule has 1 N–H and O–H groups in total. The van der Waals surface area contributed by atoms with Gasteiger partial charge in [0.2, 0.25) is 0 Å². The van der Waals surface area contributed by atoms with Gasteiger partial charge in [-0.05, 0) is 30.7 Å². The molecule has 3 aromatic rings. The van der Waals surface area contributed by atoms with Crippen LogP contribution in [-0.2, 0) is 0 Å². The molecule has 0 saturated heterocycles. The molecule has 0 radical (unpaired) electrons. The third kappa shape index (κ3) is 3.16. The van der Waals surface area contributed by atoms with Gasteiger partial charge in [0, 0.05) is 17.6 Å². The first kappa shape index (κ1) is 14.6. The van der Waals surface area contributed by atoms with E-state index in [-0.39, 0.29) is 5.69 Å². The first-order chi connectivity index (χ1) is 11.1. The number of hydrogen-bond acceptors (Lipinski definition) is 5. The summed E-state index contributed by atoms with van der Waals surface area (Å²) < 4.78 is 0. The third-order valence-corrected chi connectivity index (χ3v) is 3.43. The van der Waals surface area contributed by atoms with Gasteiger partial charge in [-0.25, -0.2) is 0 Å². The SMILES string of the molecule is Cc1ccc(/C=N\Nc2c([N+](=O)[O-])ccc3ncccc23)cc1. The van der Waals surface area contributed by atoms with Crippen molar-refractivity contribution in [2.45, 2.75) is 6.92 Å². The Hall–Kier alpha value is -3.28. The fourth-order valence-electron chi connectivity index (χ4n) is 2.23. The maximum absolute atomic E-state index is 11.2. The van der Waals surface area contributed by atoms with Crippen molar-refractivity contribution in [3.63, 3.8) is 0 Å². The van der Waals surface area contributed by atoms with E-state index >= 15 is 0 Å². The summed E-state index contributed by atoms with van der Waals surface area (Å²) in [4.78, 5) is 15.0. The molecule has 0 aliphatic rings. The molecule has 0 spiro atoms. The van der Waals surface area contributed by atoms with Gasteiger partial charge in [0.25, 0.3) is 5.69 Å². The lowest BCUT2D eigenvalue weighted by Gasteiger charge is -2.06. The topological polar surface area (TPSA) is 80.4 Å². The monoisotopic (exact) mass is 306 g/mol. The Balaban J connectivity index is 1.96. The molecule has 0 unspecified atom stereocenters. The second kappa shape index (κ2) is 6.23. The Kier molecular flexibility index (Phi) is 3.97. The molecule has 23 heavy (non-hydrogen) atoms. The number of pyridine rings is 1. The van der Waals surface area contributed by atoms with Crippen LogP contribution in [-0.4, -0.2) is 16.1 Å². The molecule has 1 heterocycles. The summed E-state index contributed by atoms with van der Waals surface area (Å²) in [5, 5.41) is 16.0. The fourth-order valence-corrected chi connectivity index (χ4v) is 2.23. The summed E-state index contributed by atoms with van der Waals surface area (Å²) in [6, 6.07) is 14.4. The molecule has 0 fully saturated rings. The predicted octanol–water partition coefficient (Wildman–Crippen LogP) is 3.90. The molecule has 0 amide bonds. The van der Waals surface area contributed by atoms with Gasteiger partial charge < -0.3 is 0 Å². The lowest BCUT2D eigenvalue weighted by atomic mass is 10.1. The number of nitrogens with one attached hydrogen (secondary N) is 1. The summed E-state index contributed by atoms with van der Waals surface area (Å²) in [5.74, 6) is 0. The van der Waals surface area contributed by atoms with E-state index in [1.807, 2.05) is 31.2 Å². The number of aromatic nitrogens is 1. The van der Waals surface area contributed by atoms with Crippen LogP contribution in [0.25, 0.3) is 10.9 Å². The van der Waals surface area contributed by atoms with Gasteiger partial charge in [0.1, 0.15) is 5.69 Å². The molecule has 0 atom stereocenters. The van der Waals surface area contributed by atoms with Crippen molar-refractivity contribution < 1.29 is 4.92 Å². The van der Waals surface area contributed by atoms with Crippen molar-refractivity contribution in [3.8, 4) is 0 Å². The standard InChI is InChI=1S/C17H14N4O2/c1-12-4-6-13(7-5-12)11-19-20-17-14-3-2-10-18-15(14)8-9-16(17)21(22)23/h2-11,20H,1H3/b19-11-. The predicted molar refractivity (Wildman–Crippen MR) is 90.8 cm³/mol. The zero-order chi connectivity index (χ0) is 16.2. The van der Waals surface area contributed by atoms with Crippen molar-refractivity contribution in [1.29, 1.82) is 0 Å². The average molecular weight is 306 g/mol. The van der Waals surface area contributed by atoms with Crippen molar-refractivity contribution in [2.24, 2.45) is 5.10 Å². The zero-order valence-electron chi connectivity index (χ0n) is 12.4. The van der Waals surface area contributed by atoms with E-state index in [4.69, 9.17) is 0 Å². The lowest BCUT2D eigenvalue weighted by molar-refractivity contribution is -0.383. The molecule has 0 aliphatic carbocycles. The minimum atomic E-state index is -0.434. The van der Waals surface area contributed by atoms with E-state index in [1.54, 1.807) is 30.6 Å². The number of anilines is 1. The average Bonchev–Trinajstić information content (AvgIpc) is 2.56. The maximum Gasteiger partial charge on any atom is 0.294 e. The molecule has 6 heteroatoms. The van der Waals surface area contributed by atoms with Gasteiger partial charge in [-0.2, -0.15) is 5.10 Å². The number of nitro benzene ring substituents is 1. The van der Waals surface area contributed by atoms with Gasteiger partial charge in [0.15, 0.2) is 0 Å². The normalized spacial score (nSPS) is 11.0. The molecule has 1 aromatic heterocycles. The zero-order valence-corrected chi connectivity index (χ0v) is 12.4. The second-order valence-corrected chi connectivity index (χ2v) is 5.07. The van der Waals surface area contributed by atoms with Gasteiger partial charge in [-0.1, -0.05) is 29.8 Å². The van der Waals surface area contributed by atoms with Crippen LogP contribution in [0.2, 0.25) is 0 Å². The first-order valence-electron chi connectivity index (χ1n) is 7.03. The summed E-state index contributed by atoms with van der Waals surface area (Å²) in [5.41, 5.74) is 5.83. The third-order valence-electron chi connectivity index (χ3n) is 3.43. The van der Waals surface area contributed by atoms with Crippen LogP contribution in [0.3, 0.4) is 0 Å². The van der Waals surface area contributed by atoms with E-state index in [0.29, 0.717) is 16.6 Å². The molecule has 0 saturated carbocycles. The number of hydrogen-bond donors (Lipinski definition) is 1. The Labute approximate surface area is 132 Å². The van der Waals surface area contributed by atoms with E-state index < -0.39 is 4.92 Å². The van der Waals surface area contributed by atoms with Crippen LogP contribution < -0.4 is 5.43 Å². The number of rotatable bonds is 4. The highest BCUT2D eigenvalue weighted by Gasteiger charge is 2.16. The van der Waals surface area contributed by atoms with Crippen molar-refractivity contribution in [3.05, 3.63) is 76.0 Å². The Morgan fingerprint density at radius 2 is 1.96 bits per heavy atom. The van der Waals surface area contributed by atoms with Gasteiger partial charge in [0.05, 0.1) is 16.7 Å². The smallest absolute Gasteiger partial charge is 0.271 e. The maximum atomic E-state index is 11.2. The van der Waals surface area contributed by atoms with E-state index in [1.165, 1.54) is 6.07 Å². The summed E-state index contributed by atoms with van der Waals surface area (Å²) in [6.45, 7) is 2.01. The largest absolute Gasteiger partial charge is 0.294 e. The minimum Gasteiger partial charge on any atom is -0.271 e. The van der Waals surface area contributed by atoms with Crippen molar-refractivity contribution in [2.75, 3.05) is 5.43 Å². The summed E-state index contributed by atoms with van der Waals surface area (Å²) in [7, 11) is 0. The van der Waals surface area contributed by atoms with E-state index in [0.717, 1.165) is 11.1 Å². The number of fused-ring (bicyclic) bond motifs is 1. The Bertz CT molecular complexity index is 889. The van der Waals surface area contributed by atoms with Gasteiger partial charge >= 0.3 is 0 Å². The van der Waals surface area contributed by atoms with Crippen LogP contribution in [0.1, 0.15) is 11.1 Å². The second-order valence-electron chi connectivity index (χ2n) is 5.07. The highest BCUT2D eigenvalue weighted by atomic mass is 16.6. The molecular weight excluding hydrogens is 292 g/mol. The molecule has 3 rings (SSSR count). The van der Waals surface area contributed by atoms with E-state index in [2.05, 4.69) is 15.5 Å². The molecule has 114 valence electrons.